The molecule has 4 heteroatoms. The van der Waals surface area contributed by atoms with Gasteiger partial charge in [0.25, 0.3) is 0 Å². The molecule has 1 aromatic rings. The second-order valence-electron chi connectivity index (χ2n) is 6.69. The Labute approximate surface area is 134 Å². The minimum Gasteiger partial charge on any atom is -0.493 e. The average Bonchev–Trinajstić information content (AvgIpc) is 2.50. The fourth-order valence-corrected chi connectivity index (χ4v) is 3.48. The summed E-state index contributed by atoms with van der Waals surface area (Å²) < 4.78 is 10.8. The Bertz CT molecular complexity index is 485. The highest BCUT2D eigenvalue weighted by Crippen LogP contribution is 2.46. The van der Waals surface area contributed by atoms with Crippen LogP contribution in [0.25, 0.3) is 0 Å². The lowest BCUT2D eigenvalue weighted by Gasteiger charge is -2.45. The zero-order chi connectivity index (χ0) is 16.2. The third kappa shape index (κ3) is 3.55. The minimum absolute atomic E-state index is 0.212. The van der Waals surface area contributed by atoms with Crippen LogP contribution in [-0.4, -0.2) is 51.0 Å². The van der Waals surface area contributed by atoms with Crippen molar-refractivity contribution in [3.8, 4) is 11.5 Å². The molecule has 22 heavy (non-hydrogen) atoms. The number of rotatable bonds is 8. The number of nitrogens with zero attached hydrogens (tertiary/aromatic N) is 1. The Balaban J connectivity index is 2.16. The lowest BCUT2D eigenvalue weighted by molar-refractivity contribution is 0.130. The predicted octanol–water partition coefficient (Wildman–Crippen LogP) is 2.69. The summed E-state index contributed by atoms with van der Waals surface area (Å²) in [6.45, 7) is 4.27. The quantitative estimate of drug-likeness (QED) is 0.802. The number of hydrogen-bond donors (Lipinski definition) is 1. The molecular weight excluding hydrogens is 278 g/mol. The summed E-state index contributed by atoms with van der Waals surface area (Å²) in [6, 6.07) is 6.30. The Morgan fingerprint density at radius 2 is 1.91 bits per heavy atom. The topological polar surface area (TPSA) is 41.9 Å². The lowest BCUT2D eigenvalue weighted by Crippen LogP contribution is -2.45. The van der Waals surface area contributed by atoms with Gasteiger partial charge in [-0.25, -0.2) is 0 Å². The summed E-state index contributed by atoms with van der Waals surface area (Å²) in [7, 11) is 5.50. The van der Waals surface area contributed by atoms with E-state index in [2.05, 4.69) is 31.0 Å². The van der Waals surface area contributed by atoms with E-state index in [1.54, 1.807) is 14.2 Å². The molecule has 1 atom stereocenters. The lowest BCUT2D eigenvalue weighted by atomic mass is 9.64. The van der Waals surface area contributed by atoms with Crippen LogP contribution in [0, 0.1) is 5.92 Å². The first-order valence-electron chi connectivity index (χ1n) is 8.06. The van der Waals surface area contributed by atoms with Crippen molar-refractivity contribution in [2.75, 3.05) is 41.0 Å². The van der Waals surface area contributed by atoms with Crippen molar-refractivity contribution in [3.05, 3.63) is 23.8 Å². The Morgan fingerprint density at radius 3 is 2.41 bits per heavy atom. The van der Waals surface area contributed by atoms with Crippen molar-refractivity contribution in [3.63, 3.8) is 0 Å². The fourth-order valence-electron chi connectivity index (χ4n) is 3.48. The molecule has 1 aliphatic carbocycles. The van der Waals surface area contributed by atoms with Gasteiger partial charge in [-0.3, -0.25) is 0 Å². The van der Waals surface area contributed by atoms with E-state index in [9.17, 15) is 5.11 Å². The number of methoxy groups -OCH3 is 2. The standard InChI is InChI=1S/C18H29NO3/c1-14(12-20)11-19(2)13-18(8-5-9-18)15-6-7-16(21-3)17(10-15)22-4/h6-7,10,14,20H,5,8-9,11-13H2,1-4H3/t14-/m0/s1. The van der Waals surface area contributed by atoms with Crippen LogP contribution >= 0.6 is 0 Å². The summed E-state index contributed by atoms with van der Waals surface area (Å²) in [5.41, 5.74) is 1.55. The van der Waals surface area contributed by atoms with E-state index >= 15 is 0 Å². The maximum absolute atomic E-state index is 9.24. The fraction of sp³-hybridized carbons (Fsp3) is 0.667. The molecule has 0 radical (unpaired) electrons. The van der Waals surface area contributed by atoms with Crippen LogP contribution in [-0.2, 0) is 5.41 Å². The first-order valence-corrected chi connectivity index (χ1v) is 8.06. The number of benzene rings is 1. The van der Waals surface area contributed by atoms with Crippen LogP contribution in [0.1, 0.15) is 31.7 Å². The maximum Gasteiger partial charge on any atom is 0.161 e. The first-order chi connectivity index (χ1) is 10.5. The summed E-state index contributed by atoms with van der Waals surface area (Å²) in [5.74, 6) is 1.90. The Morgan fingerprint density at radius 1 is 1.23 bits per heavy atom. The largest absolute Gasteiger partial charge is 0.493 e. The number of aliphatic hydroxyl groups excluding tert-OH is 1. The molecule has 1 saturated carbocycles. The van der Waals surface area contributed by atoms with E-state index in [0.29, 0.717) is 5.92 Å². The molecule has 0 bridgehead atoms. The number of ether oxygens (including phenoxy) is 2. The number of hydrogen-bond acceptors (Lipinski definition) is 4. The molecule has 4 nitrogen and oxygen atoms in total. The molecule has 1 N–H and O–H groups in total. The van der Waals surface area contributed by atoms with Crippen molar-refractivity contribution in [1.82, 2.24) is 4.90 Å². The molecule has 0 unspecified atom stereocenters. The second-order valence-corrected chi connectivity index (χ2v) is 6.69. The maximum atomic E-state index is 9.24. The number of likely N-dealkylation sites (N-methyl/N-ethyl adjacent to an activating group) is 1. The van der Waals surface area contributed by atoms with Crippen LogP contribution in [0.5, 0.6) is 11.5 Å². The van der Waals surface area contributed by atoms with Crippen molar-refractivity contribution in [2.24, 2.45) is 5.92 Å². The third-order valence-corrected chi connectivity index (χ3v) is 4.81. The highest BCUT2D eigenvalue weighted by molar-refractivity contribution is 5.46. The van der Waals surface area contributed by atoms with Gasteiger partial charge in [0.2, 0.25) is 0 Å². The zero-order valence-corrected chi connectivity index (χ0v) is 14.3. The first kappa shape index (κ1) is 17.1. The SMILES string of the molecule is COc1ccc(C2(CN(C)C[C@H](C)CO)CCC2)cc1OC. The number of aliphatic hydroxyl groups is 1. The van der Waals surface area contributed by atoms with E-state index in [1.165, 1.54) is 24.8 Å². The molecule has 124 valence electrons. The third-order valence-electron chi connectivity index (χ3n) is 4.81. The molecule has 2 rings (SSSR count). The van der Waals surface area contributed by atoms with Gasteiger partial charge in [-0.15, -0.1) is 0 Å². The molecule has 1 aliphatic rings. The molecule has 0 saturated heterocycles. The van der Waals surface area contributed by atoms with Crippen LogP contribution in [0.3, 0.4) is 0 Å². The van der Waals surface area contributed by atoms with Crippen molar-refractivity contribution in [2.45, 2.75) is 31.6 Å². The van der Waals surface area contributed by atoms with Gasteiger partial charge in [-0.1, -0.05) is 19.4 Å². The van der Waals surface area contributed by atoms with Gasteiger partial charge in [0.1, 0.15) is 0 Å². The van der Waals surface area contributed by atoms with Gasteiger partial charge in [0.05, 0.1) is 14.2 Å². The monoisotopic (exact) mass is 307 g/mol. The van der Waals surface area contributed by atoms with Gasteiger partial charge in [-0.2, -0.15) is 0 Å². The van der Waals surface area contributed by atoms with Gasteiger partial charge in [0, 0.05) is 25.1 Å². The van der Waals surface area contributed by atoms with Crippen LogP contribution < -0.4 is 9.47 Å². The molecule has 0 amide bonds. The van der Waals surface area contributed by atoms with Crippen LogP contribution in [0.15, 0.2) is 18.2 Å². The van der Waals surface area contributed by atoms with E-state index in [-0.39, 0.29) is 12.0 Å². The van der Waals surface area contributed by atoms with E-state index < -0.39 is 0 Å². The highest BCUT2D eigenvalue weighted by atomic mass is 16.5. The summed E-state index contributed by atoms with van der Waals surface area (Å²) >= 11 is 0. The minimum atomic E-state index is 0.212. The molecule has 1 aromatic carbocycles. The molecule has 0 heterocycles. The normalized spacial score (nSPS) is 17.9. The molecule has 1 fully saturated rings. The van der Waals surface area contributed by atoms with Gasteiger partial charge >= 0.3 is 0 Å². The van der Waals surface area contributed by atoms with Gasteiger partial charge in [0.15, 0.2) is 11.5 Å². The predicted molar refractivity (Wildman–Crippen MR) is 88.8 cm³/mol. The van der Waals surface area contributed by atoms with Crippen molar-refractivity contribution >= 4 is 0 Å². The Hall–Kier alpha value is -1.26. The Kier molecular flexibility index (Phi) is 5.70. The molecule has 0 spiro atoms. The summed E-state index contributed by atoms with van der Waals surface area (Å²) in [5, 5.41) is 9.24. The summed E-state index contributed by atoms with van der Waals surface area (Å²) in [6.07, 6.45) is 3.69. The second kappa shape index (κ2) is 7.34. The van der Waals surface area contributed by atoms with Crippen LogP contribution in [0.4, 0.5) is 0 Å². The molecule has 0 aromatic heterocycles. The van der Waals surface area contributed by atoms with Crippen molar-refractivity contribution < 1.29 is 14.6 Å². The smallest absolute Gasteiger partial charge is 0.161 e. The zero-order valence-electron chi connectivity index (χ0n) is 14.3. The van der Waals surface area contributed by atoms with E-state index in [1.807, 2.05) is 6.07 Å². The average molecular weight is 307 g/mol. The van der Waals surface area contributed by atoms with E-state index in [0.717, 1.165) is 24.6 Å². The van der Waals surface area contributed by atoms with E-state index in [4.69, 9.17) is 9.47 Å². The van der Waals surface area contributed by atoms with Gasteiger partial charge in [-0.05, 0) is 43.5 Å². The summed E-state index contributed by atoms with van der Waals surface area (Å²) in [4.78, 5) is 2.34. The molecular formula is C18H29NO3. The van der Waals surface area contributed by atoms with Crippen molar-refractivity contribution in [1.29, 1.82) is 0 Å². The molecule has 0 aliphatic heterocycles. The highest BCUT2D eigenvalue weighted by Gasteiger charge is 2.40. The van der Waals surface area contributed by atoms with Gasteiger partial charge < -0.3 is 19.5 Å². The van der Waals surface area contributed by atoms with Crippen LogP contribution in [0.2, 0.25) is 0 Å².